The van der Waals surface area contributed by atoms with E-state index in [0.717, 1.165) is 44.3 Å². The van der Waals surface area contributed by atoms with Crippen molar-refractivity contribution < 1.29 is 9.59 Å². The first-order valence-electron chi connectivity index (χ1n) is 10.1. The second-order valence-electron chi connectivity index (χ2n) is 8.36. The highest BCUT2D eigenvalue weighted by molar-refractivity contribution is 5.94. The van der Waals surface area contributed by atoms with Gasteiger partial charge in [0.05, 0.1) is 12.0 Å². The molecule has 1 saturated carbocycles. The topological polar surface area (TPSA) is 62.3 Å². The third kappa shape index (κ3) is 4.08. The van der Waals surface area contributed by atoms with Crippen LogP contribution in [0.2, 0.25) is 0 Å². The van der Waals surface area contributed by atoms with Crippen LogP contribution in [-0.4, -0.2) is 40.8 Å². The zero-order valence-electron chi connectivity index (χ0n) is 16.4. The number of hydrogen-bond acceptors (Lipinski definition) is 3. The van der Waals surface area contributed by atoms with Gasteiger partial charge in [0.15, 0.2) is 0 Å². The number of pyridine rings is 1. The molecule has 0 bridgehead atoms. The van der Waals surface area contributed by atoms with Gasteiger partial charge in [0.25, 0.3) is 5.91 Å². The van der Waals surface area contributed by atoms with E-state index in [4.69, 9.17) is 0 Å². The van der Waals surface area contributed by atoms with E-state index < -0.39 is 0 Å². The van der Waals surface area contributed by atoms with E-state index in [-0.39, 0.29) is 17.9 Å². The Morgan fingerprint density at radius 2 is 1.86 bits per heavy atom. The minimum Gasteiger partial charge on any atom is -0.349 e. The zero-order chi connectivity index (χ0) is 19.6. The van der Waals surface area contributed by atoms with Crippen molar-refractivity contribution in [1.82, 2.24) is 15.2 Å². The Kier molecular flexibility index (Phi) is 5.16. The molecular formula is C23H27N3O2. The molecule has 0 unspecified atom stereocenters. The quantitative estimate of drug-likeness (QED) is 0.890. The predicted octanol–water partition coefficient (Wildman–Crippen LogP) is 3.13. The molecule has 4 rings (SSSR count). The van der Waals surface area contributed by atoms with E-state index >= 15 is 0 Å². The van der Waals surface area contributed by atoms with Crippen LogP contribution in [0.1, 0.15) is 47.2 Å². The first-order valence-corrected chi connectivity index (χ1v) is 10.1. The summed E-state index contributed by atoms with van der Waals surface area (Å²) >= 11 is 0. The maximum atomic E-state index is 12.6. The van der Waals surface area contributed by atoms with Crippen LogP contribution in [0.3, 0.4) is 0 Å². The van der Waals surface area contributed by atoms with Crippen molar-refractivity contribution in [3.05, 3.63) is 65.5 Å². The number of nitrogens with zero attached hydrogens (tertiary/aromatic N) is 2. The number of aryl methyl sites for hydroxylation is 1. The molecule has 2 aromatic rings. The molecule has 1 aromatic heterocycles. The molecule has 1 N–H and O–H groups in total. The van der Waals surface area contributed by atoms with Crippen molar-refractivity contribution in [2.45, 2.75) is 45.1 Å². The van der Waals surface area contributed by atoms with Crippen LogP contribution in [0.5, 0.6) is 0 Å². The smallest absolute Gasteiger partial charge is 0.253 e. The van der Waals surface area contributed by atoms with Gasteiger partial charge in [0.1, 0.15) is 0 Å². The molecule has 1 spiro atoms. The van der Waals surface area contributed by atoms with Gasteiger partial charge in [0.2, 0.25) is 5.91 Å². The highest BCUT2D eigenvalue weighted by Crippen LogP contribution is 2.49. The van der Waals surface area contributed by atoms with Crippen molar-refractivity contribution in [1.29, 1.82) is 0 Å². The first-order chi connectivity index (χ1) is 13.5. The third-order valence-electron chi connectivity index (χ3n) is 6.27. The van der Waals surface area contributed by atoms with E-state index in [9.17, 15) is 9.59 Å². The van der Waals surface area contributed by atoms with Gasteiger partial charge < -0.3 is 10.2 Å². The Bertz CT molecular complexity index is 832. The number of piperidine rings is 1. The SMILES string of the molecule is Cc1ccc(CC(=O)N2CCC3(CC2)CC(NC(=O)c2cccnc2)C3)cc1. The van der Waals surface area contributed by atoms with Gasteiger partial charge in [-0.05, 0) is 55.7 Å². The molecular weight excluding hydrogens is 350 g/mol. The summed E-state index contributed by atoms with van der Waals surface area (Å²) in [6.45, 7) is 3.71. The lowest BCUT2D eigenvalue weighted by molar-refractivity contribution is -0.134. The number of rotatable bonds is 4. The summed E-state index contributed by atoms with van der Waals surface area (Å²) in [7, 11) is 0. The Labute approximate surface area is 166 Å². The molecule has 5 heteroatoms. The van der Waals surface area contributed by atoms with Gasteiger partial charge in [-0.15, -0.1) is 0 Å². The average molecular weight is 377 g/mol. The fourth-order valence-corrected chi connectivity index (χ4v) is 4.48. The van der Waals surface area contributed by atoms with Crippen LogP contribution in [0, 0.1) is 12.3 Å². The lowest BCUT2D eigenvalue weighted by Crippen LogP contribution is -2.55. The second-order valence-corrected chi connectivity index (χ2v) is 8.36. The van der Waals surface area contributed by atoms with Crippen LogP contribution in [-0.2, 0) is 11.2 Å². The van der Waals surface area contributed by atoms with Gasteiger partial charge >= 0.3 is 0 Å². The Morgan fingerprint density at radius 1 is 1.14 bits per heavy atom. The van der Waals surface area contributed by atoms with E-state index in [0.29, 0.717) is 17.4 Å². The van der Waals surface area contributed by atoms with E-state index in [2.05, 4.69) is 29.4 Å². The zero-order valence-corrected chi connectivity index (χ0v) is 16.4. The van der Waals surface area contributed by atoms with Gasteiger partial charge in [-0.25, -0.2) is 0 Å². The van der Waals surface area contributed by atoms with Gasteiger partial charge in [0, 0.05) is 31.5 Å². The molecule has 0 radical (unpaired) electrons. The number of carbonyl (C=O) groups is 2. The fraction of sp³-hybridized carbons (Fsp3) is 0.435. The first kappa shape index (κ1) is 18.7. The largest absolute Gasteiger partial charge is 0.349 e. The summed E-state index contributed by atoms with van der Waals surface area (Å²) in [5, 5.41) is 3.12. The molecule has 1 aliphatic heterocycles. The van der Waals surface area contributed by atoms with Crippen molar-refractivity contribution in [2.75, 3.05) is 13.1 Å². The number of nitrogens with one attached hydrogen (secondary N) is 1. The van der Waals surface area contributed by atoms with E-state index in [1.54, 1.807) is 24.5 Å². The van der Waals surface area contributed by atoms with E-state index in [1.165, 1.54) is 5.56 Å². The normalized spacial score (nSPS) is 18.5. The van der Waals surface area contributed by atoms with Crippen molar-refractivity contribution >= 4 is 11.8 Å². The number of likely N-dealkylation sites (tertiary alicyclic amines) is 1. The molecule has 146 valence electrons. The minimum absolute atomic E-state index is 0.0429. The Morgan fingerprint density at radius 3 is 2.50 bits per heavy atom. The Balaban J connectivity index is 1.23. The maximum Gasteiger partial charge on any atom is 0.253 e. The van der Waals surface area contributed by atoms with Crippen molar-refractivity contribution in [3.8, 4) is 0 Å². The number of amides is 2. The molecule has 2 fully saturated rings. The van der Waals surface area contributed by atoms with Crippen molar-refractivity contribution in [2.24, 2.45) is 5.41 Å². The lowest BCUT2D eigenvalue weighted by Gasteiger charge is -2.52. The number of benzene rings is 1. The number of aromatic nitrogens is 1. The summed E-state index contributed by atoms with van der Waals surface area (Å²) in [6, 6.07) is 12.0. The molecule has 2 heterocycles. The third-order valence-corrected chi connectivity index (χ3v) is 6.27. The maximum absolute atomic E-state index is 12.6. The highest BCUT2D eigenvalue weighted by Gasteiger charge is 2.46. The molecule has 1 saturated heterocycles. The average Bonchev–Trinajstić information content (AvgIpc) is 2.69. The van der Waals surface area contributed by atoms with Gasteiger partial charge in [-0.3, -0.25) is 14.6 Å². The van der Waals surface area contributed by atoms with Gasteiger partial charge in [-0.1, -0.05) is 29.8 Å². The standard InChI is InChI=1S/C23H27N3O2/c1-17-4-6-18(7-5-17)13-21(27)26-11-8-23(9-12-26)14-20(15-23)25-22(28)19-3-2-10-24-16-19/h2-7,10,16,20H,8-9,11-15H2,1H3,(H,25,28). The summed E-state index contributed by atoms with van der Waals surface area (Å²) in [6.07, 6.45) is 7.85. The van der Waals surface area contributed by atoms with Crippen LogP contribution < -0.4 is 5.32 Å². The molecule has 2 amide bonds. The van der Waals surface area contributed by atoms with E-state index in [1.807, 2.05) is 17.0 Å². The summed E-state index contributed by atoms with van der Waals surface area (Å²) in [5.74, 6) is 0.179. The lowest BCUT2D eigenvalue weighted by atomic mass is 9.60. The number of hydrogen-bond donors (Lipinski definition) is 1. The van der Waals surface area contributed by atoms with Crippen LogP contribution in [0.25, 0.3) is 0 Å². The monoisotopic (exact) mass is 377 g/mol. The molecule has 28 heavy (non-hydrogen) atoms. The van der Waals surface area contributed by atoms with Crippen molar-refractivity contribution in [3.63, 3.8) is 0 Å². The molecule has 2 aliphatic rings. The Hall–Kier alpha value is -2.69. The minimum atomic E-state index is -0.0429. The highest BCUT2D eigenvalue weighted by atomic mass is 16.2. The molecule has 5 nitrogen and oxygen atoms in total. The van der Waals surface area contributed by atoms with Crippen LogP contribution in [0.15, 0.2) is 48.8 Å². The second kappa shape index (κ2) is 7.74. The molecule has 0 atom stereocenters. The van der Waals surface area contributed by atoms with Crippen LogP contribution >= 0.6 is 0 Å². The predicted molar refractivity (Wildman–Crippen MR) is 108 cm³/mol. The fourth-order valence-electron chi connectivity index (χ4n) is 4.48. The van der Waals surface area contributed by atoms with Gasteiger partial charge in [-0.2, -0.15) is 0 Å². The summed E-state index contributed by atoms with van der Waals surface area (Å²) < 4.78 is 0. The number of carbonyl (C=O) groups excluding carboxylic acids is 2. The molecule has 1 aliphatic carbocycles. The molecule has 1 aromatic carbocycles. The van der Waals surface area contributed by atoms with Crippen LogP contribution in [0.4, 0.5) is 0 Å². The summed E-state index contributed by atoms with van der Waals surface area (Å²) in [4.78, 5) is 30.9. The summed E-state index contributed by atoms with van der Waals surface area (Å²) in [5.41, 5.74) is 3.21.